The second kappa shape index (κ2) is 6.08. The number of benzene rings is 1. The van der Waals surface area contributed by atoms with Gasteiger partial charge in [-0.15, -0.1) is 11.8 Å². The normalized spacial score (nSPS) is 30.9. The summed E-state index contributed by atoms with van der Waals surface area (Å²) in [6.07, 6.45) is 3.56. The Labute approximate surface area is 123 Å². The van der Waals surface area contributed by atoms with Crippen molar-refractivity contribution in [3.05, 3.63) is 29.8 Å². The SMILES string of the molecule is OCc1ccc(SC2CCOC3(CCSC3)C2)cc1. The van der Waals surface area contributed by atoms with E-state index in [-0.39, 0.29) is 12.2 Å². The molecule has 2 heterocycles. The number of thioether (sulfide) groups is 2. The second-order valence-corrected chi connectivity index (χ2v) is 7.85. The Kier molecular flexibility index (Phi) is 4.42. The largest absolute Gasteiger partial charge is 0.392 e. The zero-order valence-corrected chi connectivity index (χ0v) is 12.6. The summed E-state index contributed by atoms with van der Waals surface area (Å²) in [7, 11) is 0. The predicted molar refractivity (Wildman–Crippen MR) is 81.9 cm³/mol. The van der Waals surface area contributed by atoms with Gasteiger partial charge in [0.05, 0.1) is 12.2 Å². The van der Waals surface area contributed by atoms with E-state index >= 15 is 0 Å². The van der Waals surface area contributed by atoms with Crippen LogP contribution in [0.2, 0.25) is 0 Å². The fraction of sp³-hybridized carbons (Fsp3) is 0.600. The molecule has 0 aliphatic carbocycles. The van der Waals surface area contributed by atoms with E-state index in [2.05, 4.69) is 12.1 Å². The zero-order valence-electron chi connectivity index (χ0n) is 11.0. The molecule has 2 atom stereocenters. The number of hydrogen-bond donors (Lipinski definition) is 1. The predicted octanol–water partition coefficient (Wildman–Crippen LogP) is 3.33. The van der Waals surface area contributed by atoms with Crippen LogP contribution < -0.4 is 0 Å². The Morgan fingerprint density at radius 3 is 2.89 bits per heavy atom. The fourth-order valence-corrected chi connectivity index (χ4v) is 5.47. The average molecular weight is 296 g/mol. The highest BCUT2D eigenvalue weighted by molar-refractivity contribution is 8.00. The van der Waals surface area contributed by atoms with Crippen LogP contribution >= 0.6 is 23.5 Å². The second-order valence-electron chi connectivity index (χ2n) is 5.37. The molecule has 1 aromatic carbocycles. The average Bonchev–Trinajstić information content (AvgIpc) is 2.88. The summed E-state index contributed by atoms with van der Waals surface area (Å²) in [6, 6.07) is 8.29. The van der Waals surface area contributed by atoms with Gasteiger partial charge in [0.25, 0.3) is 0 Å². The van der Waals surface area contributed by atoms with E-state index < -0.39 is 0 Å². The minimum Gasteiger partial charge on any atom is -0.392 e. The van der Waals surface area contributed by atoms with Crippen LogP contribution in [0.4, 0.5) is 0 Å². The minimum absolute atomic E-state index is 0.128. The van der Waals surface area contributed by atoms with E-state index in [1.807, 2.05) is 35.7 Å². The van der Waals surface area contributed by atoms with Crippen LogP contribution in [0.3, 0.4) is 0 Å². The molecular weight excluding hydrogens is 276 g/mol. The molecule has 0 aromatic heterocycles. The van der Waals surface area contributed by atoms with Gasteiger partial charge in [-0.25, -0.2) is 0 Å². The summed E-state index contributed by atoms with van der Waals surface area (Å²) in [5.74, 6) is 2.43. The maximum absolute atomic E-state index is 9.06. The molecule has 2 unspecified atom stereocenters. The summed E-state index contributed by atoms with van der Waals surface area (Å²) < 4.78 is 6.06. The monoisotopic (exact) mass is 296 g/mol. The number of ether oxygens (including phenoxy) is 1. The Hall–Kier alpha value is -0.160. The molecular formula is C15H20O2S2. The first kappa shape index (κ1) is 13.8. The van der Waals surface area contributed by atoms with Gasteiger partial charge in [-0.2, -0.15) is 11.8 Å². The summed E-state index contributed by atoms with van der Waals surface area (Å²) >= 11 is 4.00. The number of aliphatic hydroxyl groups is 1. The third kappa shape index (κ3) is 3.30. The van der Waals surface area contributed by atoms with Gasteiger partial charge in [0.2, 0.25) is 0 Å². The van der Waals surface area contributed by atoms with Gasteiger partial charge in [0.15, 0.2) is 0 Å². The summed E-state index contributed by atoms with van der Waals surface area (Å²) in [5.41, 5.74) is 1.16. The number of aliphatic hydroxyl groups excluding tert-OH is 1. The molecule has 0 bridgehead atoms. The molecule has 0 saturated carbocycles. The number of hydrogen-bond acceptors (Lipinski definition) is 4. The molecule has 1 aromatic rings. The molecule has 2 aliphatic rings. The highest BCUT2D eigenvalue weighted by Crippen LogP contribution is 2.43. The van der Waals surface area contributed by atoms with Gasteiger partial charge in [-0.1, -0.05) is 12.1 Å². The topological polar surface area (TPSA) is 29.5 Å². The first-order valence-electron chi connectivity index (χ1n) is 6.88. The lowest BCUT2D eigenvalue weighted by molar-refractivity contribution is -0.0562. The molecule has 2 fully saturated rings. The molecule has 0 radical (unpaired) electrons. The van der Waals surface area contributed by atoms with Gasteiger partial charge in [0, 0.05) is 22.5 Å². The van der Waals surface area contributed by atoms with Crippen molar-refractivity contribution in [2.45, 2.75) is 41.6 Å². The van der Waals surface area contributed by atoms with E-state index in [4.69, 9.17) is 9.84 Å². The van der Waals surface area contributed by atoms with Crippen molar-refractivity contribution in [3.63, 3.8) is 0 Å². The Morgan fingerprint density at radius 2 is 2.21 bits per heavy atom. The smallest absolute Gasteiger partial charge is 0.0791 e. The van der Waals surface area contributed by atoms with Crippen LogP contribution in [0.25, 0.3) is 0 Å². The van der Waals surface area contributed by atoms with E-state index in [9.17, 15) is 0 Å². The van der Waals surface area contributed by atoms with Crippen molar-refractivity contribution in [3.8, 4) is 0 Å². The quantitative estimate of drug-likeness (QED) is 0.926. The molecule has 1 N–H and O–H groups in total. The van der Waals surface area contributed by atoms with Crippen LogP contribution in [0, 0.1) is 0 Å². The van der Waals surface area contributed by atoms with Crippen LogP contribution in [0.5, 0.6) is 0 Å². The number of rotatable bonds is 3. The molecule has 4 heteroatoms. The highest BCUT2D eigenvalue weighted by atomic mass is 32.2. The van der Waals surface area contributed by atoms with Crippen molar-refractivity contribution in [1.82, 2.24) is 0 Å². The van der Waals surface area contributed by atoms with Crippen molar-refractivity contribution >= 4 is 23.5 Å². The van der Waals surface area contributed by atoms with Crippen LogP contribution in [-0.4, -0.2) is 34.1 Å². The summed E-state index contributed by atoms with van der Waals surface area (Å²) in [5, 5.41) is 9.74. The first-order valence-corrected chi connectivity index (χ1v) is 8.91. The summed E-state index contributed by atoms with van der Waals surface area (Å²) in [4.78, 5) is 1.31. The summed E-state index contributed by atoms with van der Waals surface area (Å²) in [6.45, 7) is 1.04. The van der Waals surface area contributed by atoms with Gasteiger partial charge in [-0.3, -0.25) is 0 Å². The molecule has 2 nitrogen and oxygen atoms in total. The van der Waals surface area contributed by atoms with Crippen molar-refractivity contribution in [2.75, 3.05) is 18.1 Å². The molecule has 2 aliphatic heterocycles. The minimum atomic E-state index is 0.128. The Bertz CT molecular complexity index is 413. The van der Waals surface area contributed by atoms with Crippen molar-refractivity contribution in [1.29, 1.82) is 0 Å². The third-order valence-corrected chi connectivity index (χ3v) is 6.43. The van der Waals surface area contributed by atoms with E-state index in [1.54, 1.807) is 0 Å². The van der Waals surface area contributed by atoms with Crippen LogP contribution in [0.1, 0.15) is 24.8 Å². The lowest BCUT2D eigenvalue weighted by atomic mass is 9.93. The van der Waals surface area contributed by atoms with Crippen LogP contribution in [-0.2, 0) is 11.3 Å². The molecule has 3 rings (SSSR count). The van der Waals surface area contributed by atoms with Crippen molar-refractivity contribution in [2.24, 2.45) is 0 Å². The van der Waals surface area contributed by atoms with Gasteiger partial charge < -0.3 is 9.84 Å². The molecule has 0 amide bonds. The molecule has 104 valence electrons. The lowest BCUT2D eigenvalue weighted by Gasteiger charge is -2.37. The lowest BCUT2D eigenvalue weighted by Crippen LogP contribution is -2.40. The molecule has 19 heavy (non-hydrogen) atoms. The Morgan fingerprint density at radius 1 is 1.37 bits per heavy atom. The van der Waals surface area contributed by atoms with Crippen molar-refractivity contribution < 1.29 is 9.84 Å². The van der Waals surface area contributed by atoms with Crippen LogP contribution in [0.15, 0.2) is 29.2 Å². The Balaban J connectivity index is 1.62. The maximum Gasteiger partial charge on any atom is 0.0791 e. The van der Waals surface area contributed by atoms with E-state index in [1.165, 1.54) is 29.2 Å². The maximum atomic E-state index is 9.06. The highest BCUT2D eigenvalue weighted by Gasteiger charge is 2.40. The van der Waals surface area contributed by atoms with E-state index in [0.29, 0.717) is 5.25 Å². The first-order chi connectivity index (χ1) is 9.30. The molecule has 1 spiro atoms. The zero-order chi connectivity index (χ0) is 13.1. The standard InChI is InChI=1S/C15H20O2S2/c16-10-12-1-3-13(4-2-12)19-14-5-7-17-15(9-14)6-8-18-11-15/h1-4,14,16H,5-11H2. The fourth-order valence-electron chi connectivity index (χ4n) is 2.81. The van der Waals surface area contributed by atoms with E-state index in [0.717, 1.165) is 18.6 Å². The molecule has 2 saturated heterocycles. The third-order valence-electron chi connectivity index (χ3n) is 3.92. The van der Waals surface area contributed by atoms with Gasteiger partial charge in [-0.05, 0) is 42.7 Å². The van der Waals surface area contributed by atoms with Gasteiger partial charge >= 0.3 is 0 Å². The van der Waals surface area contributed by atoms with Gasteiger partial charge in [0.1, 0.15) is 0 Å².